The fourth-order valence-electron chi connectivity index (χ4n) is 4.39. The first-order chi connectivity index (χ1) is 17.1. The van der Waals surface area contributed by atoms with Crippen molar-refractivity contribution in [1.29, 1.82) is 0 Å². The Bertz CT molecular complexity index is 1140. The number of anilines is 4. The van der Waals surface area contributed by atoms with Crippen molar-refractivity contribution < 1.29 is 0 Å². The summed E-state index contributed by atoms with van der Waals surface area (Å²) in [6.07, 6.45) is 0. The molecule has 206 valence electrons. The van der Waals surface area contributed by atoms with E-state index < -0.39 is 0 Å². The van der Waals surface area contributed by atoms with E-state index >= 15 is 0 Å². The first kappa shape index (κ1) is 30.1. The van der Waals surface area contributed by atoms with E-state index in [1.807, 2.05) is 0 Å². The van der Waals surface area contributed by atoms with Gasteiger partial charge in [-0.3, -0.25) is 0 Å². The highest BCUT2D eigenvalue weighted by molar-refractivity contribution is 6.36. The molecule has 0 atom stereocenters. The molecule has 3 rings (SSSR count). The minimum Gasteiger partial charge on any atom is -0.354 e. The van der Waals surface area contributed by atoms with E-state index in [9.17, 15) is 0 Å². The van der Waals surface area contributed by atoms with E-state index in [2.05, 4.69) is 149 Å². The van der Waals surface area contributed by atoms with Crippen molar-refractivity contribution in [1.82, 2.24) is 0 Å². The van der Waals surface area contributed by atoms with Crippen molar-refractivity contribution in [2.75, 3.05) is 10.6 Å². The Labute approximate surface area is 237 Å². The average Bonchev–Trinajstić information content (AvgIpc) is 2.74. The lowest BCUT2D eigenvalue weighted by Gasteiger charge is -2.27. The van der Waals surface area contributed by atoms with Gasteiger partial charge in [0, 0.05) is 11.4 Å². The number of hydrogen-bond donors (Lipinski definition) is 2. The molecular formula is C35H49ClN2. The maximum atomic E-state index is 7.07. The van der Waals surface area contributed by atoms with Gasteiger partial charge in [-0.1, -0.05) is 107 Å². The van der Waals surface area contributed by atoms with Crippen LogP contribution in [-0.4, -0.2) is 0 Å². The van der Waals surface area contributed by atoms with Gasteiger partial charge in [-0.15, -0.1) is 0 Å². The molecule has 38 heavy (non-hydrogen) atoms. The second-order valence-electron chi connectivity index (χ2n) is 15.0. The average molecular weight is 533 g/mol. The Balaban J connectivity index is 2.07. The van der Waals surface area contributed by atoms with Crippen molar-refractivity contribution in [2.45, 2.75) is 112 Å². The first-order valence-electron chi connectivity index (χ1n) is 13.8. The van der Waals surface area contributed by atoms with E-state index in [1.54, 1.807) is 0 Å². The molecule has 0 saturated heterocycles. The summed E-state index contributed by atoms with van der Waals surface area (Å²) in [7, 11) is 0. The lowest BCUT2D eigenvalue weighted by molar-refractivity contribution is 0.568. The molecular weight excluding hydrogens is 484 g/mol. The third-order valence-electron chi connectivity index (χ3n) is 7.11. The zero-order valence-electron chi connectivity index (χ0n) is 26.0. The lowest BCUT2D eigenvalue weighted by atomic mass is 9.80. The van der Waals surface area contributed by atoms with Gasteiger partial charge in [0.2, 0.25) is 0 Å². The maximum Gasteiger partial charge on any atom is 0.0875 e. The molecule has 3 aromatic rings. The Morgan fingerprint density at radius 3 is 0.947 bits per heavy atom. The Hall–Kier alpha value is -2.45. The Kier molecular flexibility index (Phi) is 8.13. The molecule has 0 spiro atoms. The highest BCUT2D eigenvalue weighted by Crippen LogP contribution is 2.39. The van der Waals surface area contributed by atoms with Crippen molar-refractivity contribution in [3.8, 4) is 0 Å². The molecule has 0 bridgehead atoms. The van der Waals surface area contributed by atoms with Crippen LogP contribution in [0.3, 0.4) is 0 Å². The van der Waals surface area contributed by atoms with Gasteiger partial charge in [0.05, 0.1) is 16.4 Å². The predicted molar refractivity (Wildman–Crippen MR) is 170 cm³/mol. The number of benzene rings is 3. The first-order valence-corrected chi connectivity index (χ1v) is 14.2. The van der Waals surface area contributed by atoms with Gasteiger partial charge in [-0.05, 0) is 92.8 Å². The van der Waals surface area contributed by atoms with Gasteiger partial charge in [-0.25, -0.2) is 0 Å². The van der Waals surface area contributed by atoms with Crippen LogP contribution in [0.5, 0.6) is 0 Å². The number of nitrogens with one attached hydrogen (secondary N) is 2. The van der Waals surface area contributed by atoms with Crippen LogP contribution >= 0.6 is 11.6 Å². The van der Waals surface area contributed by atoms with Crippen molar-refractivity contribution in [3.63, 3.8) is 0 Å². The van der Waals surface area contributed by atoms with E-state index in [4.69, 9.17) is 11.6 Å². The van der Waals surface area contributed by atoms with Crippen molar-refractivity contribution in [3.05, 3.63) is 81.4 Å². The fourth-order valence-corrected chi connectivity index (χ4v) is 4.60. The van der Waals surface area contributed by atoms with Crippen LogP contribution in [0.15, 0.2) is 48.5 Å². The molecule has 2 N–H and O–H groups in total. The molecule has 0 aliphatic carbocycles. The molecule has 0 amide bonds. The van der Waals surface area contributed by atoms with Crippen LogP contribution in [0.1, 0.15) is 111 Å². The van der Waals surface area contributed by atoms with E-state index in [0.717, 1.165) is 28.3 Å². The zero-order valence-corrected chi connectivity index (χ0v) is 26.8. The van der Waals surface area contributed by atoms with E-state index in [-0.39, 0.29) is 21.7 Å². The number of rotatable bonds is 4. The molecule has 3 heteroatoms. The molecule has 2 nitrogen and oxygen atoms in total. The normalized spacial score (nSPS) is 13.0. The maximum absolute atomic E-state index is 7.07. The summed E-state index contributed by atoms with van der Waals surface area (Å²) in [6, 6.07) is 17.9. The summed E-state index contributed by atoms with van der Waals surface area (Å²) in [4.78, 5) is 0. The van der Waals surface area contributed by atoms with Crippen LogP contribution in [0.25, 0.3) is 0 Å². The summed E-state index contributed by atoms with van der Waals surface area (Å²) in [5, 5.41) is 8.01. The third kappa shape index (κ3) is 7.35. The molecule has 3 aromatic carbocycles. The summed E-state index contributed by atoms with van der Waals surface area (Å²) in [5.74, 6) is 0. The summed E-state index contributed by atoms with van der Waals surface area (Å²) >= 11 is 7.07. The predicted octanol–water partition coefficient (Wildman–Crippen LogP) is 11.3. The minimum atomic E-state index is 0.0453. The van der Waals surface area contributed by atoms with Crippen LogP contribution in [0.2, 0.25) is 5.02 Å². The monoisotopic (exact) mass is 532 g/mol. The fraction of sp³-hybridized carbons (Fsp3) is 0.486. The molecule has 0 saturated carbocycles. The number of halogens is 1. The van der Waals surface area contributed by atoms with Gasteiger partial charge in [0.25, 0.3) is 0 Å². The third-order valence-corrected chi connectivity index (χ3v) is 7.51. The summed E-state index contributed by atoms with van der Waals surface area (Å²) < 4.78 is 0. The van der Waals surface area contributed by atoms with Gasteiger partial charge >= 0.3 is 0 Å². The summed E-state index contributed by atoms with van der Waals surface area (Å²) in [6.45, 7) is 29.3. The highest BCUT2D eigenvalue weighted by Gasteiger charge is 2.23. The Morgan fingerprint density at radius 2 is 0.711 bits per heavy atom. The summed E-state index contributed by atoms with van der Waals surface area (Å²) in [5.41, 5.74) is 10.5. The molecule has 0 unspecified atom stereocenters. The molecule has 0 heterocycles. The second-order valence-corrected chi connectivity index (χ2v) is 15.4. The Morgan fingerprint density at radius 1 is 0.447 bits per heavy atom. The molecule has 0 aliphatic rings. The molecule has 0 aromatic heterocycles. The minimum absolute atomic E-state index is 0.0453. The second kappa shape index (κ2) is 10.3. The van der Waals surface area contributed by atoms with E-state index in [0.29, 0.717) is 5.02 Å². The van der Waals surface area contributed by atoms with Gasteiger partial charge < -0.3 is 10.6 Å². The van der Waals surface area contributed by atoms with E-state index in [1.165, 1.54) is 22.3 Å². The van der Waals surface area contributed by atoms with Crippen LogP contribution in [-0.2, 0) is 21.7 Å². The largest absolute Gasteiger partial charge is 0.354 e. The number of aryl methyl sites for hydroxylation is 1. The molecule has 0 fully saturated rings. The lowest BCUT2D eigenvalue weighted by Crippen LogP contribution is -2.17. The van der Waals surface area contributed by atoms with Crippen molar-refractivity contribution in [2.24, 2.45) is 0 Å². The SMILES string of the molecule is Cc1cc(Nc2cc(C(C)(C)C)cc(C(C)(C)C)c2)c(Cl)c(Nc2cc(C(C)(C)C)cc(C(C)(C)C)c2)c1. The van der Waals surface area contributed by atoms with Crippen LogP contribution < -0.4 is 10.6 Å². The highest BCUT2D eigenvalue weighted by atomic mass is 35.5. The topological polar surface area (TPSA) is 24.1 Å². The smallest absolute Gasteiger partial charge is 0.0875 e. The zero-order chi connectivity index (χ0) is 28.8. The van der Waals surface area contributed by atoms with Crippen molar-refractivity contribution >= 4 is 34.4 Å². The van der Waals surface area contributed by atoms with Gasteiger partial charge in [0.1, 0.15) is 0 Å². The van der Waals surface area contributed by atoms with Gasteiger partial charge in [-0.2, -0.15) is 0 Å². The van der Waals surface area contributed by atoms with Crippen LogP contribution in [0, 0.1) is 6.92 Å². The molecule has 0 aliphatic heterocycles. The number of hydrogen-bond acceptors (Lipinski definition) is 2. The standard InChI is InChI=1S/C35H49ClN2/c1-22-14-29(37-27-18-23(32(2,3)4)16-24(19-27)33(5,6)7)31(36)30(15-22)38-28-20-25(34(8,9)10)17-26(21-28)35(11,12)13/h14-21,37-38H,1-13H3. The molecule has 0 radical (unpaired) electrons. The van der Waals surface area contributed by atoms with Gasteiger partial charge in [0.15, 0.2) is 0 Å². The van der Waals surface area contributed by atoms with Crippen LogP contribution in [0.4, 0.5) is 22.7 Å². The quantitative estimate of drug-likeness (QED) is 0.349.